The number of hydrogen-bond donors (Lipinski definition) is 1. The average molecular weight is 325 g/mol. The highest BCUT2D eigenvalue weighted by molar-refractivity contribution is 5.97. The molecule has 0 amide bonds. The van der Waals surface area contributed by atoms with Crippen LogP contribution >= 0.6 is 0 Å². The topological polar surface area (TPSA) is 46.0 Å². The second-order valence-electron chi connectivity index (χ2n) is 6.67. The number of aryl methyl sites for hydroxylation is 2. The summed E-state index contributed by atoms with van der Waals surface area (Å²) in [6, 6.07) is 8.41. The Bertz CT molecular complexity index is 835. The fraction of sp³-hybridized carbons (Fsp3) is 0.474. The smallest absolute Gasteiger partial charge is 0.158 e. The van der Waals surface area contributed by atoms with Gasteiger partial charge >= 0.3 is 0 Å². The minimum absolute atomic E-state index is 0.977. The van der Waals surface area contributed by atoms with Gasteiger partial charge in [-0.3, -0.25) is 4.68 Å². The number of aromatic nitrogens is 3. The minimum Gasteiger partial charge on any atom is -0.316 e. The number of rotatable bonds is 7. The van der Waals surface area contributed by atoms with Gasteiger partial charge in [0.2, 0.25) is 0 Å². The predicted octanol–water partition coefficient (Wildman–Crippen LogP) is 2.51. The molecule has 2 aromatic heterocycles. The van der Waals surface area contributed by atoms with E-state index in [-0.39, 0.29) is 0 Å². The van der Waals surface area contributed by atoms with E-state index >= 15 is 0 Å². The maximum atomic E-state index is 4.81. The maximum Gasteiger partial charge on any atom is 0.158 e. The van der Waals surface area contributed by atoms with Crippen molar-refractivity contribution in [3.63, 3.8) is 0 Å². The third-order valence-corrected chi connectivity index (χ3v) is 4.46. The van der Waals surface area contributed by atoms with Crippen molar-refractivity contribution in [2.75, 3.05) is 33.7 Å². The molecule has 3 rings (SSSR count). The Morgan fingerprint density at radius 2 is 1.96 bits per heavy atom. The molecule has 128 valence electrons. The molecule has 0 saturated heterocycles. The molecule has 0 atom stereocenters. The maximum absolute atomic E-state index is 4.81. The Morgan fingerprint density at radius 1 is 1.17 bits per heavy atom. The molecule has 0 radical (unpaired) electrons. The molecule has 1 aromatic carbocycles. The van der Waals surface area contributed by atoms with Crippen molar-refractivity contribution in [1.82, 2.24) is 25.0 Å². The molecule has 0 bridgehead atoms. The summed E-state index contributed by atoms with van der Waals surface area (Å²) >= 11 is 0. The van der Waals surface area contributed by atoms with Crippen molar-refractivity contribution in [3.05, 3.63) is 35.5 Å². The molecule has 24 heavy (non-hydrogen) atoms. The molecule has 5 heteroatoms. The Labute approximate surface area is 143 Å². The minimum atomic E-state index is 0.977. The Kier molecular flexibility index (Phi) is 5.11. The number of nitrogens with one attached hydrogen (secondary N) is 1. The van der Waals surface area contributed by atoms with Gasteiger partial charge in [-0.2, -0.15) is 5.10 Å². The molecule has 2 heterocycles. The van der Waals surface area contributed by atoms with Gasteiger partial charge < -0.3 is 10.2 Å². The van der Waals surface area contributed by atoms with Gasteiger partial charge in [0.05, 0.1) is 11.2 Å². The lowest BCUT2D eigenvalue weighted by Crippen LogP contribution is -2.23. The number of para-hydroxylation sites is 1. The number of hydrogen-bond acceptors (Lipinski definition) is 4. The van der Waals surface area contributed by atoms with Crippen LogP contribution in [-0.2, 0) is 13.5 Å². The summed E-state index contributed by atoms with van der Waals surface area (Å²) in [5, 5.41) is 10.6. The van der Waals surface area contributed by atoms with Crippen molar-refractivity contribution in [2.45, 2.75) is 19.8 Å². The zero-order valence-electron chi connectivity index (χ0n) is 15.1. The molecule has 0 spiro atoms. The van der Waals surface area contributed by atoms with E-state index in [1.54, 1.807) is 0 Å². The van der Waals surface area contributed by atoms with Crippen molar-refractivity contribution in [2.24, 2.45) is 7.05 Å². The molecule has 0 aliphatic rings. The van der Waals surface area contributed by atoms with Crippen molar-refractivity contribution < 1.29 is 0 Å². The molecule has 5 nitrogen and oxygen atoms in total. The van der Waals surface area contributed by atoms with Gasteiger partial charge in [-0.1, -0.05) is 18.2 Å². The van der Waals surface area contributed by atoms with Crippen LogP contribution in [0.25, 0.3) is 21.9 Å². The fourth-order valence-corrected chi connectivity index (χ4v) is 3.32. The SMILES string of the molecule is Cc1nn(C)c2nc3ccccc3c(CCNCCCN(C)C)c12. The van der Waals surface area contributed by atoms with E-state index in [4.69, 9.17) is 4.98 Å². The van der Waals surface area contributed by atoms with Gasteiger partial charge in [-0.15, -0.1) is 0 Å². The third kappa shape index (κ3) is 3.42. The lowest BCUT2D eigenvalue weighted by atomic mass is 10.0. The van der Waals surface area contributed by atoms with Crippen molar-refractivity contribution in [1.29, 1.82) is 0 Å². The molecule has 1 N–H and O–H groups in total. The monoisotopic (exact) mass is 325 g/mol. The lowest BCUT2D eigenvalue weighted by molar-refractivity contribution is 0.395. The van der Waals surface area contributed by atoms with E-state index in [1.165, 1.54) is 22.8 Å². The standard InChI is InChI=1S/C19H27N5/c1-14-18-16(10-12-20-11-7-13-23(2)3)15-8-5-6-9-17(15)21-19(18)24(4)22-14/h5-6,8-9,20H,7,10-13H2,1-4H3. The first-order chi connectivity index (χ1) is 11.6. The lowest BCUT2D eigenvalue weighted by Gasteiger charge is -2.11. The van der Waals surface area contributed by atoms with Crippen LogP contribution in [-0.4, -0.2) is 53.4 Å². The van der Waals surface area contributed by atoms with Gasteiger partial charge in [0.15, 0.2) is 5.65 Å². The van der Waals surface area contributed by atoms with E-state index in [0.717, 1.165) is 42.9 Å². The van der Waals surface area contributed by atoms with Gasteiger partial charge in [0, 0.05) is 17.8 Å². The van der Waals surface area contributed by atoms with Crippen LogP contribution in [0.4, 0.5) is 0 Å². The van der Waals surface area contributed by atoms with E-state index in [1.807, 2.05) is 17.8 Å². The molecular weight excluding hydrogens is 298 g/mol. The molecule has 0 saturated carbocycles. The van der Waals surface area contributed by atoms with Gasteiger partial charge in [-0.25, -0.2) is 4.98 Å². The van der Waals surface area contributed by atoms with Crippen LogP contribution < -0.4 is 5.32 Å². The zero-order valence-corrected chi connectivity index (χ0v) is 15.1. The predicted molar refractivity (Wildman–Crippen MR) is 100 cm³/mol. The molecular formula is C19H27N5. The first-order valence-corrected chi connectivity index (χ1v) is 8.64. The van der Waals surface area contributed by atoms with Crippen LogP contribution in [0, 0.1) is 6.92 Å². The molecule has 0 aliphatic carbocycles. The van der Waals surface area contributed by atoms with Crippen LogP contribution in [0.3, 0.4) is 0 Å². The zero-order chi connectivity index (χ0) is 17.1. The second kappa shape index (κ2) is 7.28. The van der Waals surface area contributed by atoms with Gasteiger partial charge in [0.25, 0.3) is 0 Å². The highest BCUT2D eigenvalue weighted by Gasteiger charge is 2.14. The Hall–Kier alpha value is -1.98. The summed E-state index contributed by atoms with van der Waals surface area (Å²) in [5.74, 6) is 0. The number of pyridine rings is 1. The summed E-state index contributed by atoms with van der Waals surface area (Å²) in [6.07, 6.45) is 2.17. The van der Waals surface area contributed by atoms with E-state index in [9.17, 15) is 0 Å². The third-order valence-electron chi connectivity index (χ3n) is 4.46. The molecule has 3 aromatic rings. The fourth-order valence-electron chi connectivity index (χ4n) is 3.32. The molecule has 0 fully saturated rings. The highest BCUT2D eigenvalue weighted by Crippen LogP contribution is 2.28. The van der Waals surface area contributed by atoms with Gasteiger partial charge in [0.1, 0.15) is 0 Å². The molecule has 0 unspecified atom stereocenters. The summed E-state index contributed by atoms with van der Waals surface area (Å²) in [7, 11) is 6.20. The molecule has 0 aliphatic heterocycles. The quantitative estimate of drug-likeness (QED) is 0.678. The summed E-state index contributed by atoms with van der Waals surface area (Å²) in [5.41, 5.74) is 4.46. The highest BCUT2D eigenvalue weighted by atomic mass is 15.3. The largest absolute Gasteiger partial charge is 0.316 e. The Morgan fingerprint density at radius 3 is 2.75 bits per heavy atom. The summed E-state index contributed by atoms with van der Waals surface area (Å²) in [4.78, 5) is 7.03. The van der Waals surface area contributed by atoms with Crippen LogP contribution in [0.15, 0.2) is 24.3 Å². The number of fused-ring (bicyclic) bond motifs is 2. The first-order valence-electron chi connectivity index (χ1n) is 8.64. The summed E-state index contributed by atoms with van der Waals surface area (Å²) < 4.78 is 1.89. The van der Waals surface area contributed by atoms with Crippen molar-refractivity contribution >= 4 is 21.9 Å². The second-order valence-corrected chi connectivity index (χ2v) is 6.67. The number of nitrogens with zero attached hydrogens (tertiary/aromatic N) is 4. The van der Waals surface area contributed by atoms with E-state index in [2.05, 4.69) is 54.5 Å². The van der Waals surface area contributed by atoms with Gasteiger partial charge in [-0.05, 0) is 65.1 Å². The van der Waals surface area contributed by atoms with E-state index < -0.39 is 0 Å². The van der Waals surface area contributed by atoms with Crippen LogP contribution in [0.5, 0.6) is 0 Å². The normalized spacial score (nSPS) is 11.9. The average Bonchev–Trinajstić information content (AvgIpc) is 2.84. The van der Waals surface area contributed by atoms with E-state index in [0.29, 0.717) is 0 Å². The Balaban J connectivity index is 1.84. The van der Waals surface area contributed by atoms with Crippen LogP contribution in [0.2, 0.25) is 0 Å². The van der Waals surface area contributed by atoms with Crippen molar-refractivity contribution in [3.8, 4) is 0 Å². The van der Waals surface area contributed by atoms with Crippen LogP contribution in [0.1, 0.15) is 17.7 Å². The summed E-state index contributed by atoms with van der Waals surface area (Å²) in [6.45, 7) is 5.23. The first kappa shape index (κ1) is 16.9. The number of benzene rings is 1.